The van der Waals surface area contributed by atoms with E-state index in [9.17, 15) is 9.59 Å². The smallest absolute Gasteiger partial charge is 0.254 e. The summed E-state index contributed by atoms with van der Waals surface area (Å²) >= 11 is 0. The second-order valence-corrected chi connectivity index (χ2v) is 9.84. The summed E-state index contributed by atoms with van der Waals surface area (Å²) in [6, 6.07) is 33.9. The fourth-order valence-electron chi connectivity index (χ4n) is 6.33. The van der Waals surface area contributed by atoms with E-state index in [0.717, 1.165) is 38.4 Å². The van der Waals surface area contributed by atoms with E-state index in [1.54, 1.807) is 6.21 Å². The van der Waals surface area contributed by atoms with Crippen LogP contribution in [0.25, 0.3) is 0 Å². The van der Waals surface area contributed by atoms with Crippen LogP contribution in [0.1, 0.15) is 45.2 Å². The van der Waals surface area contributed by atoms with Crippen LogP contribution >= 0.6 is 0 Å². The number of rotatable bonds is 5. The van der Waals surface area contributed by atoms with Gasteiger partial charge in [-0.25, -0.2) is 0 Å². The quantitative estimate of drug-likeness (QED) is 0.278. The number of carbonyl (C=O) groups excluding carboxylic acids is 2. The molecule has 0 aromatic heterocycles. The molecule has 0 spiro atoms. The molecule has 180 valence electrons. The minimum absolute atomic E-state index is 0.131. The lowest BCUT2D eigenvalue weighted by Gasteiger charge is -2.45. The van der Waals surface area contributed by atoms with E-state index in [-0.39, 0.29) is 23.7 Å². The number of nitrogens with zero attached hydrogens (tertiary/aromatic N) is 2. The fraction of sp³-hybridized carbons (Fsp3) is 0.156. The minimum Gasteiger partial charge on any atom is -0.489 e. The average molecular weight is 485 g/mol. The largest absolute Gasteiger partial charge is 0.489 e. The standard InChI is InChI=1S/C32H24N2O3/c35-31-29-27-23-13-4-5-14-24(23)28(26-16-7-6-15-25(26)27)30(29)32(36)34(31)33-18-21-11-8-12-22(17-21)37-19-20-9-2-1-3-10-20/h1-18,27-30H,19H2/b33-18-/t27?,28?,29-,30+. The first-order valence-electron chi connectivity index (χ1n) is 12.6. The van der Waals surface area contributed by atoms with Crippen LogP contribution in [-0.2, 0) is 16.2 Å². The molecule has 0 N–H and O–H groups in total. The minimum atomic E-state index is -0.431. The Kier molecular flexibility index (Phi) is 5.03. The van der Waals surface area contributed by atoms with Gasteiger partial charge in [0.2, 0.25) is 0 Å². The van der Waals surface area contributed by atoms with Gasteiger partial charge in [0.05, 0.1) is 18.1 Å². The third kappa shape index (κ3) is 3.42. The summed E-state index contributed by atoms with van der Waals surface area (Å²) in [6.07, 6.45) is 1.57. The lowest BCUT2D eigenvalue weighted by Crippen LogP contribution is -2.41. The number of hydrogen-bond acceptors (Lipinski definition) is 4. The molecule has 1 saturated heterocycles. The summed E-state index contributed by atoms with van der Waals surface area (Å²) in [5.74, 6) is -0.865. The molecule has 2 atom stereocenters. The molecule has 0 unspecified atom stereocenters. The van der Waals surface area contributed by atoms with Crippen molar-refractivity contribution in [3.05, 3.63) is 137 Å². The lowest BCUT2D eigenvalue weighted by atomic mass is 9.55. The maximum atomic E-state index is 13.7. The molecular formula is C32H24N2O3. The van der Waals surface area contributed by atoms with Crippen LogP contribution in [-0.4, -0.2) is 23.0 Å². The first-order valence-corrected chi connectivity index (χ1v) is 12.6. The Hall–Kier alpha value is -4.51. The summed E-state index contributed by atoms with van der Waals surface area (Å²) in [4.78, 5) is 27.3. The summed E-state index contributed by atoms with van der Waals surface area (Å²) in [6.45, 7) is 0.456. The van der Waals surface area contributed by atoms with Gasteiger partial charge >= 0.3 is 0 Å². The van der Waals surface area contributed by atoms with E-state index in [1.165, 1.54) is 0 Å². The predicted molar refractivity (Wildman–Crippen MR) is 140 cm³/mol. The second kappa shape index (κ2) is 8.56. The number of carbonyl (C=O) groups is 2. The number of amides is 2. The third-order valence-electron chi connectivity index (χ3n) is 7.85. The molecule has 0 saturated carbocycles. The van der Waals surface area contributed by atoms with E-state index < -0.39 is 11.8 Å². The van der Waals surface area contributed by atoms with Crippen molar-refractivity contribution >= 4 is 18.0 Å². The molecule has 1 heterocycles. The van der Waals surface area contributed by atoms with Gasteiger partial charge in [-0.1, -0.05) is 91.0 Å². The van der Waals surface area contributed by atoms with Crippen molar-refractivity contribution in [3.8, 4) is 5.75 Å². The zero-order valence-corrected chi connectivity index (χ0v) is 20.0. The van der Waals surface area contributed by atoms with Crippen molar-refractivity contribution in [2.75, 3.05) is 0 Å². The first kappa shape index (κ1) is 21.7. The Labute approximate surface area is 215 Å². The van der Waals surface area contributed by atoms with Crippen LogP contribution in [0, 0.1) is 11.8 Å². The van der Waals surface area contributed by atoms with Crippen molar-refractivity contribution in [1.82, 2.24) is 5.01 Å². The summed E-state index contributed by atoms with van der Waals surface area (Å²) < 4.78 is 5.92. The number of imide groups is 1. The van der Waals surface area contributed by atoms with Gasteiger partial charge in [-0.2, -0.15) is 10.1 Å². The van der Waals surface area contributed by atoms with Gasteiger partial charge in [-0.3, -0.25) is 9.59 Å². The Morgan fingerprint density at radius 1 is 0.676 bits per heavy atom. The van der Waals surface area contributed by atoms with Gasteiger partial charge in [-0.05, 0) is 45.5 Å². The number of benzene rings is 4. The molecule has 0 radical (unpaired) electrons. The normalized spacial score (nSPS) is 23.2. The van der Waals surface area contributed by atoms with Crippen molar-refractivity contribution in [3.63, 3.8) is 0 Å². The lowest BCUT2D eigenvalue weighted by molar-refractivity contribution is -0.139. The van der Waals surface area contributed by atoms with Crippen LogP contribution in [0.15, 0.2) is 108 Å². The topological polar surface area (TPSA) is 59.0 Å². The molecule has 5 nitrogen and oxygen atoms in total. The maximum Gasteiger partial charge on any atom is 0.254 e. The highest BCUT2D eigenvalue weighted by atomic mass is 16.5. The molecule has 4 aromatic rings. The Balaban J connectivity index is 1.17. The van der Waals surface area contributed by atoms with Gasteiger partial charge < -0.3 is 4.74 Å². The van der Waals surface area contributed by atoms with Crippen LogP contribution in [0.3, 0.4) is 0 Å². The molecule has 2 bridgehead atoms. The molecule has 3 aliphatic carbocycles. The van der Waals surface area contributed by atoms with E-state index in [0.29, 0.717) is 12.4 Å². The highest BCUT2D eigenvalue weighted by Gasteiger charge is 2.61. The highest BCUT2D eigenvalue weighted by molar-refractivity contribution is 6.08. The summed E-state index contributed by atoms with van der Waals surface area (Å²) in [7, 11) is 0. The van der Waals surface area contributed by atoms with Crippen molar-refractivity contribution in [2.24, 2.45) is 16.9 Å². The number of hydrogen-bond donors (Lipinski definition) is 0. The van der Waals surface area contributed by atoms with Gasteiger partial charge in [0.25, 0.3) is 11.8 Å². The molecule has 37 heavy (non-hydrogen) atoms. The van der Waals surface area contributed by atoms with E-state index in [2.05, 4.69) is 29.4 Å². The third-order valence-corrected chi connectivity index (χ3v) is 7.85. The molecule has 2 amide bonds. The number of hydrazone groups is 1. The highest BCUT2D eigenvalue weighted by Crippen LogP contribution is 2.60. The molecule has 8 rings (SSSR count). The van der Waals surface area contributed by atoms with Gasteiger partial charge in [0.1, 0.15) is 12.4 Å². The zero-order valence-electron chi connectivity index (χ0n) is 20.0. The second-order valence-electron chi connectivity index (χ2n) is 9.84. The molecular weight excluding hydrogens is 460 g/mol. The van der Waals surface area contributed by atoms with Crippen LogP contribution in [0.5, 0.6) is 5.75 Å². The molecule has 1 fully saturated rings. The Morgan fingerprint density at radius 3 is 1.78 bits per heavy atom. The Morgan fingerprint density at radius 2 is 1.22 bits per heavy atom. The Bertz CT molecular complexity index is 1450. The average Bonchev–Trinajstić information content (AvgIpc) is 3.21. The first-order chi connectivity index (χ1) is 18.2. The zero-order chi connectivity index (χ0) is 24.9. The molecule has 4 aliphatic rings. The monoisotopic (exact) mass is 484 g/mol. The maximum absolute atomic E-state index is 13.7. The predicted octanol–water partition coefficient (Wildman–Crippen LogP) is 5.49. The van der Waals surface area contributed by atoms with Gasteiger partial charge in [0, 0.05) is 11.8 Å². The van der Waals surface area contributed by atoms with Gasteiger partial charge in [0.15, 0.2) is 0 Å². The summed E-state index contributed by atoms with van der Waals surface area (Å²) in [5.41, 5.74) is 6.46. The van der Waals surface area contributed by atoms with Crippen molar-refractivity contribution in [1.29, 1.82) is 0 Å². The van der Waals surface area contributed by atoms with Gasteiger partial charge in [-0.15, -0.1) is 0 Å². The van der Waals surface area contributed by atoms with Crippen LogP contribution in [0.4, 0.5) is 0 Å². The molecule has 5 heteroatoms. The fourth-order valence-corrected chi connectivity index (χ4v) is 6.33. The summed E-state index contributed by atoms with van der Waals surface area (Å²) in [5, 5.41) is 5.52. The van der Waals surface area contributed by atoms with Crippen molar-refractivity contribution < 1.29 is 14.3 Å². The van der Waals surface area contributed by atoms with E-state index in [4.69, 9.17) is 4.74 Å². The van der Waals surface area contributed by atoms with Crippen LogP contribution in [0.2, 0.25) is 0 Å². The van der Waals surface area contributed by atoms with E-state index in [1.807, 2.05) is 78.9 Å². The molecule has 4 aromatic carbocycles. The SMILES string of the molecule is O=C1[C@@H]2C3c4ccccc4C(c4ccccc43)[C@@H]2C(=O)N1/N=C\c1cccc(OCc2ccccc2)c1. The number of ether oxygens (including phenoxy) is 1. The van der Waals surface area contributed by atoms with Crippen molar-refractivity contribution in [2.45, 2.75) is 18.4 Å². The van der Waals surface area contributed by atoms with E-state index >= 15 is 0 Å². The van der Waals surface area contributed by atoms with Crippen LogP contribution < -0.4 is 4.74 Å². The molecule has 1 aliphatic heterocycles.